The molecular weight excluding hydrogens is 326 g/mol. The largest absolute Gasteiger partial charge is 0.377 e. The van der Waals surface area contributed by atoms with Gasteiger partial charge >= 0.3 is 0 Å². The average Bonchev–Trinajstić information content (AvgIpc) is 3.32. The lowest BCUT2D eigenvalue weighted by atomic mass is 10.2. The maximum Gasteiger partial charge on any atom is 0.227 e. The molecular formula is C20H21N5O. The van der Waals surface area contributed by atoms with Crippen LogP contribution in [0, 0.1) is 0 Å². The standard InChI is InChI=1S/C20H21N5O/c1-15(19-14-25(23-22-19)18-6-3-2-4-7-18)21-16-9-11-17(12-10-16)24-13-5-8-20(24)26/h2-4,6-7,9-12,14-15,21H,5,8,13H2,1H3/t15-/m0/s1. The number of nitrogens with zero attached hydrogens (tertiary/aromatic N) is 4. The number of rotatable bonds is 5. The summed E-state index contributed by atoms with van der Waals surface area (Å²) in [5.41, 5.74) is 3.80. The van der Waals surface area contributed by atoms with Gasteiger partial charge < -0.3 is 10.2 Å². The molecule has 1 amide bonds. The van der Waals surface area contributed by atoms with Crippen molar-refractivity contribution < 1.29 is 4.79 Å². The summed E-state index contributed by atoms with van der Waals surface area (Å²) in [7, 11) is 0. The van der Waals surface area contributed by atoms with Crippen molar-refractivity contribution in [3.8, 4) is 5.69 Å². The predicted molar refractivity (Wildman–Crippen MR) is 101 cm³/mol. The van der Waals surface area contributed by atoms with Crippen LogP contribution in [0.15, 0.2) is 60.8 Å². The van der Waals surface area contributed by atoms with E-state index in [0.29, 0.717) is 6.42 Å². The molecule has 6 nitrogen and oxygen atoms in total. The van der Waals surface area contributed by atoms with E-state index in [0.717, 1.165) is 35.7 Å². The Labute approximate surface area is 152 Å². The van der Waals surface area contributed by atoms with Crippen LogP contribution >= 0.6 is 0 Å². The minimum absolute atomic E-state index is 0.0201. The van der Waals surface area contributed by atoms with E-state index in [1.807, 2.05) is 65.7 Å². The predicted octanol–water partition coefficient (Wildman–Crippen LogP) is 3.57. The number of nitrogens with one attached hydrogen (secondary N) is 1. The van der Waals surface area contributed by atoms with Crippen LogP contribution in [0.5, 0.6) is 0 Å². The fourth-order valence-electron chi connectivity index (χ4n) is 3.16. The maximum atomic E-state index is 11.8. The van der Waals surface area contributed by atoms with Crippen LogP contribution in [0.25, 0.3) is 5.69 Å². The molecule has 4 rings (SSSR count). The smallest absolute Gasteiger partial charge is 0.227 e. The van der Waals surface area contributed by atoms with E-state index < -0.39 is 0 Å². The molecule has 1 atom stereocenters. The normalized spacial score (nSPS) is 15.3. The van der Waals surface area contributed by atoms with Gasteiger partial charge in [-0.15, -0.1) is 5.10 Å². The molecule has 0 bridgehead atoms. The van der Waals surface area contributed by atoms with Gasteiger partial charge in [0.15, 0.2) is 0 Å². The van der Waals surface area contributed by atoms with E-state index >= 15 is 0 Å². The Balaban J connectivity index is 1.44. The zero-order valence-corrected chi connectivity index (χ0v) is 14.7. The lowest BCUT2D eigenvalue weighted by Gasteiger charge is -2.17. The molecule has 2 aromatic carbocycles. The number of aromatic nitrogens is 3. The van der Waals surface area contributed by atoms with Crippen molar-refractivity contribution in [3.05, 3.63) is 66.5 Å². The number of carbonyl (C=O) groups is 1. The van der Waals surface area contributed by atoms with E-state index in [-0.39, 0.29) is 11.9 Å². The van der Waals surface area contributed by atoms with Crippen LogP contribution in [0.1, 0.15) is 31.5 Å². The Hall–Kier alpha value is -3.15. The minimum atomic E-state index is 0.0201. The second-order valence-electron chi connectivity index (χ2n) is 6.49. The molecule has 1 N–H and O–H groups in total. The van der Waals surface area contributed by atoms with Crippen molar-refractivity contribution in [2.24, 2.45) is 0 Å². The topological polar surface area (TPSA) is 63.1 Å². The Morgan fingerprint density at radius 1 is 1.04 bits per heavy atom. The van der Waals surface area contributed by atoms with E-state index in [1.54, 1.807) is 4.68 Å². The van der Waals surface area contributed by atoms with Crippen LogP contribution < -0.4 is 10.2 Å². The number of benzene rings is 2. The van der Waals surface area contributed by atoms with Crippen molar-refractivity contribution in [3.63, 3.8) is 0 Å². The fraction of sp³-hybridized carbons (Fsp3) is 0.250. The van der Waals surface area contributed by atoms with Gasteiger partial charge in [-0.05, 0) is 49.7 Å². The maximum absolute atomic E-state index is 11.8. The van der Waals surface area contributed by atoms with E-state index in [1.165, 1.54) is 0 Å². The summed E-state index contributed by atoms with van der Waals surface area (Å²) in [5, 5.41) is 11.9. The first-order chi connectivity index (χ1) is 12.7. The van der Waals surface area contributed by atoms with Crippen molar-refractivity contribution in [2.45, 2.75) is 25.8 Å². The van der Waals surface area contributed by atoms with Gasteiger partial charge in [0.1, 0.15) is 5.69 Å². The molecule has 0 aliphatic carbocycles. The second kappa shape index (κ2) is 7.00. The number of carbonyl (C=O) groups excluding carboxylic acids is 1. The Kier molecular flexibility index (Phi) is 4.39. The summed E-state index contributed by atoms with van der Waals surface area (Å²) in [6.07, 6.45) is 3.52. The van der Waals surface area contributed by atoms with Crippen LogP contribution in [-0.2, 0) is 4.79 Å². The highest BCUT2D eigenvalue weighted by Crippen LogP contribution is 2.25. The summed E-state index contributed by atoms with van der Waals surface area (Å²) in [4.78, 5) is 13.7. The number of para-hydroxylation sites is 1. The monoisotopic (exact) mass is 347 g/mol. The molecule has 1 fully saturated rings. The van der Waals surface area contributed by atoms with E-state index in [2.05, 4.69) is 22.6 Å². The van der Waals surface area contributed by atoms with Gasteiger partial charge in [0.25, 0.3) is 0 Å². The third-order valence-corrected chi connectivity index (χ3v) is 4.61. The van der Waals surface area contributed by atoms with Crippen LogP contribution in [0.2, 0.25) is 0 Å². The van der Waals surface area contributed by atoms with Gasteiger partial charge in [-0.2, -0.15) is 0 Å². The number of hydrogen-bond acceptors (Lipinski definition) is 4. The number of amides is 1. The molecule has 6 heteroatoms. The quantitative estimate of drug-likeness (QED) is 0.766. The summed E-state index contributed by atoms with van der Waals surface area (Å²) in [6, 6.07) is 17.9. The third-order valence-electron chi connectivity index (χ3n) is 4.61. The molecule has 0 radical (unpaired) electrons. The van der Waals surface area contributed by atoms with E-state index in [9.17, 15) is 4.79 Å². The molecule has 26 heavy (non-hydrogen) atoms. The van der Waals surface area contributed by atoms with Crippen molar-refractivity contribution >= 4 is 17.3 Å². The molecule has 3 aromatic rings. The molecule has 132 valence electrons. The van der Waals surface area contributed by atoms with Crippen molar-refractivity contribution in [1.82, 2.24) is 15.0 Å². The van der Waals surface area contributed by atoms with Gasteiger partial charge in [0.05, 0.1) is 17.9 Å². The van der Waals surface area contributed by atoms with Crippen LogP contribution in [0.4, 0.5) is 11.4 Å². The van der Waals surface area contributed by atoms with Crippen LogP contribution in [-0.4, -0.2) is 27.4 Å². The van der Waals surface area contributed by atoms with Gasteiger partial charge in [-0.25, -0.2) is 4.68 Å². The van der Waals surface area contributed by atoms with Crippen molar-refractivity contribution in [2.75, 3.05) is 16.8 Å². The fourth-order valence-corrected chi connectivity index (χ4v) is 3.16. The number of anilines is 2. The zero-order chi connectivity index (χ0) is 17.9. The molecule has 2 heterocycles. The Morgan fingerprint density at radius 3 is 2.50 bits per heavy atom. The highest BCUT2D eigenvalue weighted by Gasteiger charge is 2.21. The molecule has 1 aromatic heterocycles. The summed E-state index contributed by atoms with van der Waals surface area (Å²) < 4.78 is 1.77. The summed E-state index contributed by atoms with van der Waals surface area (Å²) >= 11 is 0. The SMILES string of the molecule is C[C@H](Nc1ccc(N2CCCC2=O)cc1)c1cn(-c2ccccc2)nn1. The number of hydrogen-bond donors (Lipinski definition) is 1. The average molecular weight is 347 g/mol. The molecule has 1 saturated heterocycles. The van der Waals surface area contributed by atoms with Gasteiger partial charge in [-0.3, -0.25) is 4.79 Å². The molecule has 0 spiro atoms. The van der Waals surface area contributed by atoms with Gasteiger partial charge in [-0.1, -0.05) is 23.4 Å². The van der Waals surface area contributed by atoms with Gasteiger partial charge in [0.2, 0.25) is 5.91 Å². The van der Waals surface area contributed by atoms with E-state index in [4.69, 9.17) is 0 Å². The molecule has 0 saturated carbocycles. The minimum Gasteiger partial charge on any atom is -0.377 e. The lowest BCUT2D eigenvalue weighted by Crippen LogP contribution is -2.23. The second-order valence-corrected chi connectivity index (χ2v) is 6.49. The van der Waals surface area contributed by atoms with Crippen molar-refractivity contribution in [1.29, 1.82) is 0 Å². The van der Waals surface area contributed by atoms with Crippen LogP contribution in [0.3, 0.4) is 0 Å². The molecule has 1 aliphatic heterocycles. The Morgan fingerprint density at radius 2 is 1.81 bits per heavy atom. The zero-order valence-electron chi connectivity index (χ0n) is 14.7. The summed E-state index contributed by atoms with van der Waals surface area (Å²) in [5.74, 6) is 0.205. The highest BCUT2D eigenvalue weighted by atomic mass is 16.2. The Bertz CT molecular complexity index is 888. The molecule has 1 aliphatic rings. The third kappa shape index (κ3) is 3.31. The first-order valence-electron chi connectivity index (χ1n) is 8.85. The lowest BCUT2D eigenvalue weighted by molar-refractivity contribution is -0.117. The first-order valence-corrected chi connectivity index (χ1v) is 8.85. The summed E-state index contributed by atoms with van der Waals surface area (Å²) in [6.45, 7) is 2.86. The molecule has 0 unspecified atom stereocenters. The highest BCUT2D eigenvalue weighted by molar-refractivity contribution is 5.95. The van der Waals surface area contributed by atoms with Gasteiger partial charge in [0, 0.05) is 24.3 Å². The first kappa shape index (κ1) is 16.3.